The molecule has 1 saturated heterocycles. The number of nitrogens with zero attached hydrogens (tertiary/aromatic N) is 1. The van der Waals surface area contributed by atoms with Crippen molar-refractivity contribution in [1.82, 2.24) is 4.90 Å². The van der Waals surface area contributed by atoms with Gasteiger partial charge in [-0.05, 0) is 37.8 Å². The molecule has 0 saturated carbocycles. The molecule has 1 fully saturated rings. The van der Waals surface area contributed by atoms with Crippen molar-refractivity contribution < 1.29 is 0 Å². The van der Waals surface area contributed by atoms with E-state index in [0.29, 0.717) is 5.92 Å². The molecule has 0 aromatic rings. The van der Waals surface area contributed by atoms with E-state index >= 15 is 0 Å². The van der Waals surface area contributed by atoms with Crippen molar-refractivity contribution in [2.24, 2.45) is 17.6 Å². The van der Waals surface area contributed by atoms with E-state index in [0.717, 1.165) is 12.5 Å². The molecule has 0 bridgehead atoms. The maximum Gasteiger partial charge on any atom is 0.00217 e. The Morgan fingerprint density at radius 1 is 1.54 bits per heavy atom. The maximum atomic E-state index is 5.71. The van der Waals surface area contributed by atoms with Gasteiger partial charge in [-0.2, -0.15) is 0 Å². The number of piperidine rings is 1. The van der Waals surface area contributed by atoms with Gasteiger partial charge in [0.25, 0.3) is 0 Å². The summed E-state index contributed by atoms with van der Waals surface area (Å²) in [7, 11) is 0. The first-order chi connectivity index (χ1) is 6.26. The van der Waals surface area contributed by atoms with Gasteiger partial charge in [-0.25, -0.2) is 0 Å². The lowest BCUT2D eigenvalue weighted by Crippen LogP contribution is -2.39. The molecule has 0 aliphatic carbocycles. The molecule has 13 heavy (non-hydrogen) atoms. The van der Waals surface area contributed by atoms with Crippen LogP contribution in [-0.4, -0.2) is 31.1 Å². The van der Waals surface area contributed by atoms with Crippen LogP contribution in [0.25, 0.3) is 0 Å². The molecule has 2 N–H and O–H groups in total. The van der Waals surface area contributed by atoms with Crippen molar-refractivity contribution in [2.75, 3.05) is 26.2 Å². The molecule has 0 amide bonds. The zero-order valence-corrected chi connectivity index (χ0v) is 9.13. The molecule has 0 spiro atoms. The van der Waals surface area contributed by atoms with Gasteiger partial charge in [-0.3, -0.25) is 0 Å². The standard InChI is InChI=1S/C11H24N2/c1-3-11(7-12)9-13-6-4-5-10(2)8-13/h10-11H,3-9,12H2,1-2H3. The normalized spacial score (nSPS) is 27.5. The molecule has 2 unspecified atom stereocenters. The summed E-state index contributed by atoms with van der Waals surface area (Å²) in [6.45, 7) is 9.25. The summed E-state index contributed by atoms with van der Waals surface area (Å²) in [5.41, 5.74) is 5.71. The van der Waals surface area contributed by atoms with Crippen LogP contribution in [0.2, 0.25) is 0 Å². The van der Waals surface area contributed by atoms with Crippen LogP contribution in [-0.2, 0) is 0 Å². The highest BCUT2D eigenvalue weighted by atomic mass is 15.1. The number of hydrogen-bond donors (Lipinski definition) is 1. The van der Waals surface area contributed by atoms with E-state index in [1.807, 2.05) is 0 Å². The first-order valence-electron chi connectivity index (χ1n) is 5.68. The predicted molar refractivity (Wildman–Crippen MR) is 57.7 cm³/mol. The molecule has 0 aromatic heterocycles. The van der Waals surface area contributed by atoms with E-state index in [2.05, 4.69) is 18.7 Å². The zero-order valence-electron chi connectivity index (χ0n) is 9.13. The third-order valence-electron chi connectivity index (χ3n) is 3.17. The molecular formula is C11H24N2. The summed E-state index contributed by atoms with van der Waals surface area (Å²) >= 11 is 0. The van der Waals surface area contributed by atoms with Crippen LogP contribution in [0.15, 0.2) is 0 Å². The first kappa shape index (κ1) is 11.0. The van der Waals surface area contributed by atoms with E-state index in [-0.39, 0.29) is 0 Å². The van der Waals surface area contributed by atoms with Crippen molar-refractivity contribution in [3.8, 4) is 0 Å². The minimum atomic E-state index is 0.713. The second-order valence-electron chi connectivity index (χ2n) is 4.52. The van der Waals surface area contributed by atoms with Crippen LogP contribution in [0.1, 0.15) is 33.1 Å². The van der Waals surface area contributed by atoms with Crippen LogP contribution >= 0.6 is 0 Å². The average Bonchev–Trinajstić information content (AvgIpc) is 2.14. The summed E-state index contributed by atoms with van der Waals surface area (Å²) in [5, 5.41) is 0. The Bertz CT molecular complexity index is 132. The van der Waals surface area contributed by atoms with Gasteiger partial charge in [-0.1, -0.05) is 20.3 Å². The van der Waals surface area contributed by atoms with Crippen molar-refractivity contribution in [1.29, 1.82) is 0 Å². The molecule has 78 valence electrons. The van der Waals surface area contributed by atoms with Crippen LogP contribution in [0.4, 0.5) is 0 Å². The second kappa shape index (κ2) is 5.61. The Morgan fingerprint density at radius 2 is 2.31 bits per heavy atom. The molecule has 2 heteroatoms. The number of rotatable bonds is 4. The van der Waals surface area contributed by atoms with Crippen molar-refractivity contribution in [3.63, 3.8) is 0 Å². The molecule has 1 aliphatic rings. The van der Waals surface area contributed by atoms with Gasteiger partial charge in [0.2, 0.25) is 0 Å². The third kappa shape index (κ3) is 3.65. The van der Waals surface area contributed by atoms with Gasteiger partial charge >= 0.3 is 0 Å². The van der Waals surface area contributed by atoms with Gasteiger partial charge in [0.05, 0.1) is 0 Å². The highest BCUT2D eigenvalue weighted by Crippen LogP contribution is 2.17. The Hall–Kier alpha value is -0.0800. The molecule has 2 atom stereocenters. The number of hydrogen-bond acceptors (Lipinski definition) is 2. The molecule has 1 heterocycles. The van der Waals surface area contributed by atoms with Crippen LogP contribution in [0.3, 0.4) is 0 Å². The first-order valence-corrected chi connectivity index (χ1v) is 5.68. The van der Waals surface area contributed by atoms with Crippen molar-refractivity contribution in [2.45, 2.75) is 33.1 Å². The third-order valence-corrected chi connectivity index (χ3v) is 3.17. The van der Waals surface area contributed by atoms with E-state index in [4.69, 9.17) is 5.73 Å². The molecule has 0 aromatic carbocycles. The Morgan fingerprint density at radius 3 is 2.85 bits per heavy atom. The molecule has 2 nitrogen and oxygen atoms in total. The molecule has 1 rings (SSSR count). The lowest BCUT2D eigenvalue weighted by atomic mass is 9.98. The zero-order chi connectivity index (χ0) is 9.68. The van der Waals surface area contributed by atoms with E-state index in [1.165, 1.54) is 38.9 Å². The quantitative estimate of drug-likeness (QED) is 0.720. The summed E-state index contributed by atoms with van der Waals surface area (Å²) < 4.78 is 0. The number of nitrogens with two attached hydrogens (primary N) is 1. The molecule has 0 radical (unpaired) electrons. The maximum absolute atomic E-state index is 5.71. The van der Waals surface area contributed by atoms with E-state index in [9.17, 15) is 0 Å². The average molecular weight is 184 g/mol. The van der Waals surface area contributed by atoms with E-state index in [1.54, 1.807) is 0 Å². The van der Waals surface area contributed by atoms with Gasteiger partial charge in [0, 0.05) is 13.1 Å². The summed E-state index contributed by atoms with van der Waals surface area (Å²) in [5.74, 6) is 1.61. The fourth-order valence-corrected chi connectivity index (χ4v) is 2.19. The summed E-state index contributed by atoms with van der Waals surface area (Å²) in [6, 6.07) is 0. The Labute approximate surface area is 82.5 Å². The van der Waals surface area contributed by atoms with E-state index < -0.39 is 0 Å². The van der Waals surface area contributed by atoms with Crippen LogP contribution in [0, 0.1) is 11.8 Å². The highest BCUT2D eigenvalue weighted by Gasteiger charge is 2.18. The predicted octanol–water partition coefficient (Wildman–Crippen LogP) is 1.70. The second-order valence-corrected chi connectivity index (χ2v) is 4.52. The minimum absolute atomic E-state index is 0.713. The van der Waals surface area contributed by atoms with Gasteiger partial charge < -0.3 is 10.6 Å². The van der Waals surface area contributed by atoms with Crippen LogP contribution in [0.5, 0.6) is 0 Å². The molecular weight excluding hydrogens is 160 g/mol. The Kier molecular flexibility index (Phi) is 4.74. The lowest BCUT2D eigenvalue weighted by molar-refractivity contribution is 0.159. The minimum Gasteiger partial charge on any atom is -0.330 e. The Balaban J connectivity index is 2.26. The van der Waals surface area contributed by atoms with Gasteiger partial charge in [-0.15, -0.1) is 0 Å². The lowest BCUT2D eigenvalue weighted by Gasteiger charge is -2.33. The monoisotopic (exact) mass is 184 g/mol. The fourth-order valence-electron chi connectivity index (χ4n) is 2.19. The van der Waals surface area contributed by atoms with Crippen molar-refractivity contribution in [3.05, 3.63) is 0 Å². The summed E-state index contributed by atoms with van der Waals surface area (Å²) in [4.78, 5) is 2.59. The largest absolute Gasteiger partial charge is 0.330 e. The SMILES string of the molecule is CCC(CN)CN1CCCC(C)C1. The van der Waals surface area contributed by atoms with Crippen molar-refractivity contribution >= 4 is 0 Å². The fraction of sp³-hybridized carbons (Fsp3) is 1.00. The number of likely N-dealkylation sites (tertiary alicyclic amines) is 1. The van der Waals surface area contributed by atoms with Gasteiger partial charge in [0.1, 0.15) is 0 Å². The molecule has 1 aliphatic heterocycles. The highest BCUT2D eigenvalue weighted by molar-refractivity contribution is 4.72. The van der Waals surface area contributed by atoms with Gasteiger partial charge in [0.15, 0.2) is 0 Å². The summed E-state index contributed by atoms with van der Waals surface area (Å²) in [6.07, 6.45) is 4.01. The smallest absolute Gasteiger partial charge is 0.00217 e. The topological polar surface area (TPSA) is 29.3 Å². The van der Waals surface area contributed by atoms with Crippen LogP contribution < -0.4 is 5.73 Å².